The first-order chi connectivity index (χ1) is 37.5. The second-order valence-electron chi connectivity index (χ2n) is 23.8. The highest BCUT2D eigenvalue weighted by Gasteiger charge is 2.19. The van der Waals surface area contributed by atoms with Crippen molar-refractivity contribution in [3.05, 3.63) is 12.2 Å². The second-order valence-corrected chi connectivity index (χ2v) is 23.8. The Bertz CT molecular complexity index is 1180. The van der Waals surface area contributed by atoms with E-state index in [0.29, 0.717) is 19.3 Å². The average Bonchev–Trinajstić information content (AvgIpc) is 3.42. The van der Waals surface area contributed by atoms with E-state index in [1.165, 1.54) is 302 Å². The second kappa shape index (κ2) is 65.7. The summed E-state index contributed by atoms with van der Waals surface area (Å²) < 4.78 is 16.9. The molecule has 0 fully saturated rings. The van der Waals surface area contributed by atoms with Crippen LogP contribution in [0.15, 0.2) is 12.2 Å². The van der Waals surface area contributed by atoms with E-state index in [-0.39, 0.29) is 31.1 Å². The molecule has 450 valence electrons. The first-order valence-electron chi connectivity index (χ1n) is 34.7. The van der Waals surface area contributed by atoms with Crippen LogP contribution in [0.1, 0.15) is 400 Å². The number of ether oxygens (including phenoxy) is 3. The lowest BCUT2D eigenvalue weighted by Crippen LogP contribution is -2.30. The van der Waals surface area contributed by atoms with Crippen molar-refractivity contribution in [1.82, 2.24) is 0 Å². The molecule has 0 saturated heterocycles. The molecule has 76 heavy (non-hydrogen) atoms. The maximum Gasteiger partial charge on any atom is 0.306 e. The molecule has 1 atom stereocenters. The molecule has 0 aromatic carbocycles. The molecule has 0 radical (unpaired) electrons. The van der Waals surface area contributed by atoms with Crippen LogP contribution in [0.5, 0.6) is 0 Å². The summed E-state index contributed by atoms with van der Waals surface area (Å²) in [7, 11) is 0. The number of carbonyl (C=O) groups excluding carboxylic acids is 3. The molecular weight excluding hydrogens is 937 g/mol. The zero-order valence-electron chi connectivity index (χ0n) is 51.8. The summed E-state index contributed by atoms with van der Waals surface area (Å²) in [6.07, 6.45) is 78.2. The van der Waals surface area contributed by atoms with E-state index >= 15 is 0 Å². The summed E-state index contributed by atoms with van der Waals surface area (Å²) in [6.45, 7) is 6.71. The zero-order chi connectivity index (χ0) is 55.0. The number of unbranched alkanes of at least 4 members (excludes halogenated alkanes) is 52. The maximum absolute atomic E-state index is 12.9. The molecular formula is C70H134O6. The molecule has 0 aromatic rings. The van der Waals surface area contributed by atoms with Gasteiger partial charge in [0.05, 0.1) is 0 Å². The summed E-state index contributed by atoms with van der Waals surface area (Å²) in [6, 6.07) is 0. The fourth-order valence-corrected chi connectivity index (χ4v) is 10.8. The van der Waals surface area contributed by atoms with Crippen LogP contribution < -0.4 is 0 Å². The summed E-state index contributed by atoms with van der Waals surface area (Å²) in [5.74, 6) is -0.839. The predicted molar refractivity (Wildman–Crippen MR) is 330 cm³/mol. The topological polar surface area (TPSA) is 78.9 Å². The normalized spacial score (nSPS) is 12.0. The molecule has 0 aliphatic heterocycles. The highest BCUT2D eigenvalue weighted by Crippen LogP contribution is 2.19. The zero-order valence-corrected chi connectivity index (χ0v) is 51.8. The standard InChI is InChI=1S/C70H134O6/c1-4-7-10-13-16-19-22-24-26-28-30-31-32-33-34-35-36-37-38-39-40-42-43-45-48-51-54-57-60-63-69(72)75-66-67(65-74-68(71)62-59-56-53-50-47-21-18-15-12-9-6-3)76-70(73)64-61-58-55-52-49-46-44-41-29-27-25-23-20-17-14-11-8-5-2/h27,29,67H,4-26,28,30-66H2,1-3H3/b29-27-. The lowest BCUT2D eigenvalue weighted by Gasteiger charge is -2.18. The van der Waals surface area contributed by atoms with Gasteiger partial charge in [0.2, 0.25) is 0 Å². The Morgan fingerprint density at radius 2 is 0.434 bits per heavy atom. The Morgan fingerprint density at radius 3 is 0.658 bits per heavy atom. The highest BCUT2D eigenvalue weighted by atomic mass is 16.6. The van der Waals surface area contributed by atoms with Gasteiger partial charge in [0, 0.05) is 19.3 Å². The van der Waals surface area contributed by atoms with E-state index in [0.717, 1.165) is 57.8 Å². The number of allylic oxidation sites excluding steroid dienone is 2. The van der Waals surface area contributed by atoms with E-state index in [1.54, 1.807) is 0 Å². The van der Waals surface area contributed by atoms with Crippen molar-refractivity contribution >= 4 is 17.9 Å². The third-order valence-electron chi connectivity index (χ3n) is 16.0. The Morgan fingerprint density at radius 1 is 0.250 bits per heavy atom. The third-order valence-corrected chi connectivity index (χ3v) is 16.0. The van der Waals surface area contributed by atoms with Gasteiger partial charge in [0.15, 0.2) is 6.10 Å². The molecule has 0 bridgehead atoms. The highest BCUT2D eigenvalue weighted by molar-refractivity contribution is 5.71. The molecule has 0 aliphatic rings. The van der Waals surface area contributed by atoms with E-state index in [1.807, 2.05) is 0 Å². The van der Waals surface area contributed by atoms with Gasteiger partial charge in [-0.3, -0.25) is 14.4 Å². The Hall–Kier alpha value is -1.85. The van der Waals surface area contributed by atoms with Gasteiger partial charge in [-0.25, -0.2) is 0 Å². The molecule has 0 heterocycles. The van der Waals surface area contributed by atoms with Crippen molar-refractivity contribution in [2.45, 2.75) is 406 Å². The fraction of sp³-hybridized carbons (Fsp3) is 0.929. The minimum absolute atomic E-state index is 0.0653. The largest absolute Gasteiger partial charge is 0.462 e. The number of hydrogen-bond donors (Lipinski definition) is 0. The van der Waals surface area contributed by atoms with Crippen LogP contribution in [0.3, 0.4) is 0 Å². The SMILES string of the molecule is CCCCCCCCC/C=C\CCCCCCCCCC(=O)OC(COC(=O)CCCCCCCCCCCCC)COC(=O)CCCCCCCCCCCCCCCCCCCCCCCCCCCCCCC. The van der Waals surface area contributed by atoms with Gasteiger partial charge in [-0.05, 0) is 44.9 Å². The average molecular weight is 1070 g/mol. The number of esters is 3. The van der Waals surface area contributed by atoms with Gasteiger partial charge in [-0.2, -0.15) is 0 Å². The van der Waals surface area contributed by atoms with Crippen molar-refractivity contribution in [2.75, 3.05) is 13.2 Å². The number of hydrogen-bond acceptors (Lipinski definition) is 6. The van der Waals surface area contributed by atoms with Crippen molar-refractivity contribution < 1.29 is 28.6 Å². The fourth-order valence-electron chi connectivity index (χ4n) is 10.8. The summed E-state index contributed by atoms with van der Waals surface area (Å²) in [5.41, 5.74) is 0. The van der Waals surface area contributed by atoms with Crippen molar-refractivity contribution in [1.29, 1.82) is 0 Å². The molecule has 0 spiro atoms. The van der Waals surface area contributed by atoms with Gasteiger partial charge in [-0.1, -0.05) is 348 Å². The van der Waals surface area contributed by atoms with Gasteiger partial charge >= 0.3 is 17.9 Å². The molecule has 0 aromatic heterocycles. The van der Waals surface area contributed by atoms with Crippen LogP contribution in [0.4, 0.5) is 0 Å². The van der Waals surface area contributed by atoms with Crippen LogP contribution in [-0.2, 0) is 28.6 Å². The maximum atomic E-state index is 12.9. The van der Waals surface area contributed by atoms with Crippen molar-refractivity contribution in [3.8, 4) is 0 Å². The quantitative estimate of drug-likeness (QED) is 0.0261. The van der Waals surface area contributed by atoms with Crippen LogP contribution in [0, 0.1) is 0 Å². The predicted octanol–water partition coefficient (Wildman–Crippen LogP) is 23.6. The monoisotopic (exact) mass is 1070 g/mol. The molecule has 0 saturated carbocycles. The number of carbonyl (C=O) groups is 3. The molecule has 6 nitrogen and oxygen atoms in total. The van der Waals surface area contributed by atoms with Crippen molar-refractivity contribution in [3.63, 3.8) is 0 Å². The summed E-state index contributed by atoms with van der Waals surface area (Å²) in [4.78, 5) is 38.3. The molecule has 1 unspecified atom stereocenters. The van der Waals surface area contributed by atoms with Crippen LogP contribution in [0.2, 0.25) is 0 Å². The van der Waals surface area contributed by atoms with E-state index in [2.05, 4.69) is 32.9 Å². The van der Waals surface area contributed by atoms with Crippen molar-refractivity contribution in [2.24, 2.45) is 0 Å². The van der Waals surface area contributed by atoms with Crippen LogP contribution in [-0.4, -0.2) is 37.2 Å². The molecule has 0 N–H and O–H groups in total. The van der Waals surface area contributed by atoms with Gasteiger partial charge in [-0.15, -0.1) is 0 Å². The minimum atomic E-state index is -0.768. The van der Waals surface area contributed by atoms with E-state index in [9.17, 15) is 14.4 Å². The summed E-state index contributed by atoms with van der Waals surface area (Å²) in [5, 5.41) is 0. The molecule has 0 aliphatic carbocycles. The molecule has 6 heteroatoms. The third kappa shape index (κ3) is 63.0. The van der Waals surface area contributed by atoms with Gasteiger partial charge < -0.3 is 14.2 Å². The first kappa shape index (κ1) is 74.2. The Kier molecular flexibility index (Phi) is 64.1. The van der Waals surface area contributed by atoms with Gasteiger partial charge in [0.1, 0.15) is 13.2 Å². The lowest BCUT2D eigenvalue weighted by atomic mass is 10.0. The molecule has 0 rings (SSSR count). The van der Waals surface area contributed by atoms with Gasteiger partial charge in [0.25, 0.3) is 0 Å². The van der Waals surface area contributed by atoms with Crippen LogP contribution >= 0.6 is 0 Å². The van der Waals surface area contributed by atoms with Crippen LogP contribution in [0.25, 0.3) is 0 Å². The minimum Gasteiger partial charge on any atom is -0.462 e. The molecule has 0 amide bonds. The Labute approximate surface area is 475 Å². The smallest absolute Gasteiger partial charge is 0.306 e. The Balaban J connectivity index is 4.11. The van der Waals surface area contributed by atoms with E-state index < -0.39 is 6.10 Å². The first-order valence-corrected chi connectivity index (χ1v) is 34.7. The lowest BCUT2D eigenvalue weighted by molar-refractivity contribution is -0.167. The van der Waals surface area contributed by atoms with E-state index in [4.69, 9.17) is 14.2 Å². The summed E-state index contributed by atoms with van der Waals surface area (Å²) >= 11 is 0. The number of rotatable bonds is 65.